The van der Waals surface area contributed by atoms with Crippen LogP contribution < -0.4 is 10.1 Å². The van der Waals surface area contributed by atoms with Crippen LogP contribution in [0.1, 0.15) is 16.7 Å². The molecule has 0 unspecified atom stereocenters. The molecule has 27 heavy (non-hydrogen) atoms. The number of anilines is 1. The highest BCUT2D eigenvalue weighted by Crippen LogP contribution is 2.26. The van der Waals surface area contributed by atoms with E-state index in [0.29, 0.717) is 13.2 Å². The van der Waals surface area contributed by atoms with Crippen molar-refractivity contribution >= 4 is 27.3 Å². The predicted octanol–water partition coefficient (Wildman–Crippen LogP) is 5.86. The highest BCUT2D eigenvalue weighted by atomic mass is 79.9. The second-order valence-corrected chi connectivity index (χ2v) is 7.05. The molecule has 0 fully saturated rings. The number of halogens is 1. The van der Waals surface area contributed by atoms with Gasteiger partial charge in [0.05, 0.1) is 4.92 Å². The molecule has 3 aromatic carbocycles. The molecule has 3 aromatic rings. The molecule has 0 radical (unpaired) electrons. The fourth-order valence-electron chi connectivity index (χ4n) is 2.66. The Labute approximate surface area is 166 Å². The Kier molecular flexibility index (Phi) is 6.08. The standard InChI is InChI=1S/C21H19BrN2O3/c1-15-4-2-3-5-20(15)23-13-17-12-18(22)8-11-21(17)27-14-16-6-9-19(10-7-16)24(25)26/h2-12,23H,13-14H2,1H3. The van der Waals surface area contributed by atoms with Crippen molar-refractivity contribution in [1.82, 2.24) is 0 Å². The van der Waals surface area contributed by atoms with Gasteiger partial charge in [-0.2, -0.15) is 0 Å². The number of non-ortho nitro benzene ring substituents is 1. The van der Waals surface area contributed by atoms with Crippen LogP contribution in [0.2, 0.25) is 0 Å². The van der Waals surface area contributed by atoms with Crippen LogP contribution in [0.3, 0.4) is 0 Å². The van der Waals surface area contributed by atoms with Gasteiger partial charge in [-0.25, -0.2) is 0 Å². The smallest absolute Gasteiger partial charge is 0.269 e. The summed E-state index contributed by atoms with van der Waals surface area (Å²) in [5.74, 6) is 0.776. The first-order valence-corrected chi connectivity index (χ1v) is 9.26. The SMILES string of the molecule is Cc1ccccc1NCc1cc(Br)ccc1OCc1ccc([N+](=O)[O-])cc1. The van der Waals surface area contributed by atoms with Crippen LogP contribution in [0.5, 0.6) is 5.75 Å². The van der Waals surface area contributed by atoms with Crippen molar-refractivity contribution in [2.75, 3.05) is 5.32 Å². The third-order valence-electron chi connectivity index (χ3n) is 4.18. The molecule has 0 aromatic heterocycles. The van der Waals surface area contributed by atoms with Crippen molar-refractivity contribution in [2.45, 2.75) is 20.1 Å². The minimum atomic E-state index is -0.408. The van der Waals surface area contributed by atoms with Gasteiger partial charge >= 0.3 is 0 Å². The molecule has 0 atom stereocenters. The second kappa shape index (κ2) is 8.68. The summed E-state index contributed by atoms with van der Waals surface area (Å²) in [6.07, 6.45) is 0. The zero-order valence-corrected chi connectivity index (χ0v) is 16.4. The molecule has 138 valence electrons. The third kappa shape index (κ3) is 5.08. The summed E-state index contributed by atoms with van der Waals surface area (Å²) in [6.45, 7) is 3.03. The number of hydrogen-bond donors (Lipinski definition) is 1. The van der Waals surface area contributed by atoms with E-state index in [1.807, 2.05) is 36.4 Å². The van der Waals surface area contributed by atoms with Crippen LogP contribution in [0, 0.1) is 17.0 Å². The van der Waals surface area contributed by atoms with Gasteiger partial charge in [-0.15, -0.1) is 0 Å². The average molecular weight is 427 g/mol. The quantitative estimate of drug-likeness (QED) is 0.379. The van der Waals surface area contributed by atoms with Crippen molar-refractivity contribution in [1.29, 1.82) is 0 Å². The summed E-state index contributed by atoms with van der Waals surface area (Å²) in [7, 11) is 0. The first-order chi connectivity index (χ1) is 13.0. The number of para-hydroxylation sites is 1. The fraction of sp³-hybridized carbons (Fsp3) is 0.143. The minimum absolute atomic E-state index is 0.0745. The molecule has 6 heteroatoms. The lowest BCUT2D eigenvalue weighted by molar-refractivity contribution is -0.384. The van der Waals surface area contributed by atoms with E-state index < -0.39 is 4.92 Å². The first kappa shape index (κ1) is 18.9. The summed E-state index contributed by atoms with van der Waals surface area (Å²) < 4.78 is 6.95. The van der Waals surface area contributed by atoms with Gasteiger partial charge in [0.25, 0.3) is 5.69 Å². The second-order valence-electron chi connectivity index (χ2n) is 6.13. The number of ether oxygens (including phenoxy) is 1. The average Bonchev–Trinajstić information content (AvgIpc) is 2.67. The Morgan fingerprint density at radius 2 is 1.81 bits per heavy atom. The van der Waals surface area contributed by atoms with Gasteiger partial charge in [-0.05, 0) is 54.4 Å². The van der Waals surface area contributed by atoms with E-state index >= 15 is 0 Å². The Balaban J connectivity index is 1.70. The number of nitro groups is 1. The van der Waals surface area contributed by atoms with Crippen LogP contribution >= 0.6 is 15.9 Å². The maximum Gasteiger partial charge on any atom is 0.269 e. The van der Waals surface area contributed by atoms with Gasteiger partial charge in [-0.1, -0.05) is 34.1 Å². The summed E-state index contributed by atoms with van der Waals surface area (Å²) in [5.41, 5.74) is 4.24. The van der Waals surface area contributed by atoms with Crippen LogP contribution in [0.15, 0.2) is 71.2 Å². The van der Waals surface area contributed by atoms with Gasteiger partial charge in [0.1, 0.15) is 12.4 Å². The number of rotatable bonds is 7. The zero-order chi connectivity index (χ0) is 19.2. The number of nitrogens with zero attached hydrogens (tertiary/aromatic N) is 1. The van der Waals surface area contributed by atoms with E-state index in [1.54, 1.807) is 12.1 Å². The van der Waals surface area contributed by atoms with Crippen LogP contribution in [0.25, 0.3) is 0 Å². The molecule has 0 saturated carbocycles. The normalized spacial score (nSPS) is 10.4. The molecule has 0 aliphatic carbocycles. The monoisotopic (exact) mass is 426 g/mol. The molecule has 0 aliphatic heterocycles. The van der Waals surface area contributed by atoms with Crippen molar-refractivity contribution in [3.63, 3.8) is 0 Å². The van der Waals surface area contributed by atoms with Gasteiger partial charge in [0, 0.05) is 34.4 Å². The molecule has 5 nitrogen and oxygen atoms in total. The summed E-state index contributed by atoms with van der Waals surface area (Å²) >= 11 is 3.51. The maximum absolute atomic E-state index is 10.7. The van der Waals surface area contributed by atoms with Gasteiger partial charge in [0.15, 0.2) is 0 Å². The molecule has 0 saturated heterocycles. The highest BCUT2D eigenvalue weighted by Gasteiger charge is 2.08. The molecule has 3 rings (SSSR count). The number of benzene rings is 3. The molecule has 0 bridgehead atoms. The molecular weight excluding hydrogens is 408 g/mol. The van der Waals surface area contributed by atoms with Crippen LogP contribution in [-0.2, 0) is 13.2 Å². The van der Waals surface area contributed by atoms with Gasteiger partial charge in [-0.3, -0.25) is 10.1 Å². The van der Waals surface area contributed by atoms with Gasteiger partial charge < -0.3 is 10.1 Å². The first-order valence-electron chi connectivity index (χ1n) is 8.47. The lowest BCUT2D eigenvalue weighted by Gasteiger charge is -2.14. The van der Waals surface area contributed by atoms with E-state index in [2.05, 4.69) is 34.2 Å². The molecule has 0 spiro atoms. The maximum atomic E-state index is 10.7. The van der Waals surface area contributed by atoms with Crippen LogP contribution in [-0.4, -0.2) is 4.92 Å². The lowest BCUT2D eigenvalue weighted by atomic mass is 10.1. The summed E-state index contributed by atoms with van der Waals surface area (Å²) in [4.78, 5) is 10.3. The fourth-order valence-corrected chi connectivity index (χ4v) is 3.07. The van der Waals surface area contributed by atoms with E-state index in [1.165, 1.54) is 17.7 Å². The Hall–Kier alpha value is -2.86. The highest BCUT2D eigenvalue weighted by molar-refractivity contribution is 9.10. The van der Waals surface area contributed by atoms with E-state index in [-0.39, 0.29) is 5.69 Å². The molecule has 0 amide bonds. The van der Waals surface area contributed by atoms with E-state index in [0.717, 1.165) is 27.0 Å². The summed E-state index contributed by atoms with van der Waals surface area (Å²) in [6, 6.07) is 20.4. The third-order valence-corrected chi connectivity index (χ3v) is 4.67. The minimum Gasteiger partial charge on any atom is -0.489 e. The van der Waals surface area contributed by atoms with E-state index in [9.17, 15) is 10.1 Å². The van der Waals surface area contributed by atoms with Crippen LogP contribution in [0.4, 0.5) is 11.4 Å². The zero-order valence-electron chi connectivity index (χ0n) is 14.8. The Morgan fingerprint density at radius 3 is 2.52 bits per heavy atom. The number of nitro benzene ring substituents is 1. The molecule has 0 heterocycles. The molecule has 1 N–H and O–H groups in total. The Morgan fingerprint density at radius 1 is 1.07 bits per heavy atom. The largest absolute Gasteiger partial charge is 0.489 e. The van der Waals surface area contributed by atoms with Crippen molar-refractivity contribution in [2.24, 2.45) is 0 Å². The van der Waals surface area contributed by atoms with Crippen molar-refractivity contribution in [3.8, 4) is 5.75 Å². The Bertz CT molecular complexity index is 942. The van der Waals surface area contributed by atoms with Crippen molar-refractivity contribution < 1.29 is 9.66 Å². The molecular formula is C21H19BrN2O3. The lowest BCUT2D eigenvalue weighted by Crippen LogP contribution is -2.04. The number of hydrogen-bond acceptors (Lipinski definition) is 4. The van der Waals surface area contributed by atoms with Crippen molar-refractivity contribution in [3.05, 3.63) is 98.0 Å². The van der Waals surface area contributed by atoms with Gasteiger partial charge in [0.2, 0.25) is 0 Å². The number of nitrogens with one attached hydrogen (secondary N) is 1. The van der Waals surface area contributed by atoms with E-state index in [4.69, 9.17) is 4.74 Å². The molecule has 0 aliphatic rings. The topological polar surface area (TPSA) is 64.4 Å². The number of aryl methyl sites for hydroxylation is 1. The predicted molar refractivity (Wildman–Crippen MR) is 110 cm³/mol. The summed E-state index contributed by atoms with van der Waals surface area (Å²) in [5, 5.41) is 14.2.